The molecular formula is C39H49N3O7S. The molecule has 0 aliphatic rings. The molecule has 0 unspecified atom stereocenters. The number of rotatable bonds is 16. The Labute approximate surface area is 299 Å². The monoisotopic (exact) mass is 703 g/mol. The van der Waals surface area contributed by atoms with Crippen LogP contribution in [0, 0.1) is 5.92 Å². The molecule has 268 valence electrons. The highest BCUT2D eigenvalue weighted by atomic mass is 32.1. The lowest BCUT2D eigenvalue weighted by molar-refractivity contribution is -0.140. The number of Topliss-reactive ketones (excluding diaryl/α,β-unsaturated/α-hetero) is 1. The summed E-state index contributed by atoms with van der Waals surface area (Å²) in [5.74, 6) is -1.63. The van der Waals surface area contributed by atoms with Crippen LogP contribution in [0.3, 0.4) is 0 Å². The van der Waals surface area contributed by atoms with Crippen LogP contribution in [0.4, 0.5) is 4.79 Å². The summed E-state index contributed by atoms with van der Waals surface area (Å²) < 4.78 is 16.4. The number of allylic oxidation sites excluding steroid dienone is 2. The largest absolute Gasteiger partial charge is 0.489 e. The first-order valence-corrected chi connectivity index (χ1v) is 17.7. The maximum Gasteiger partial charge on any atom is 0.408 e. The number of thiazole rings is 1. The van der Waals surface area contributed by atoms with Gasteiger partial charge >= 0.3 is 12.1 Å². The Morgan fingerprint density at radius 2 is 1.62 bits per heavy atom. The lowest BCUT2D eigenvalue weighted by Crippen LogP contribution is -2.52. The van der Waals surface area contributed by atoms with Crippen molar-refractivity contribution in [2.45, 2.75) is 92.5 Å². The van der Waals surface area contributed by atoms with Crippen LogP contribution in [0.1, 0.15) is 89.7 Å². The van der Waals surface area contributed by atoms with Gasteiger partial charge in [-0.05, 0) is 94.9 Å². The van der Waals surface area contributed by atoms with Crippen molar-refractivity contribution >= 4 is 41.2 Å². The molecule has 2 aromatic carbocycles. The van der Waals surface area contributed by atoms with Gasteiger partial charge in [-0.3, -0.25) is 9.59 Å². The van der Waals surface area contributed by atoms with Crippen LogP contribution in [0.2, 0.25) is 0 Å². The van der Waals surface area contributed by atoms with E-state index in [1.165, 1.54) is 11.3 Å². The average Bonchev–Trinajstić information content (AvgIpc) is 3.53. The Hall–Kier alpha value is -4.77. The third-order valence-corrected chi connectivity index (χ3v) is 8.54. The summed E-state index contributed by atoms with van der Waals surface area (Å²) in [5.41, 5.74) is 3.05. The summed E-state index contributed by atoms with van der Waals surface area (Å²) >= 11 is 1.34. The number of amides is 2. The van der Waals surface area contributed by atoms with E-state index in [0.717, 1.165) is 16.7 Å². The van der Waals surface area contributed by atoms with E-state index in [2.05, 4.69) is 10.6 Å². The van der Waals surface area contributed by atoms with Crippen LogP contribution >= 0.6 is 11.3 Å². The summed E-state index contributed by atoms with van der Waals surface area (Å²) in [6.07, 6.45) is 3.67. The lowest BCUT2D eigenvalue weighted by atomic mass is 9.94. The number of nitrogens with one attached hydrogen (secondary N) is 2. The van der Waals surface area contributed by atoms with Crippen molar-refractivity contribution in [2.24, 2.45) is 5.92 Å². The van der Waals surface area contributed by atoms with E-state index in [9.17, 15) is 19.2 Å². The number of hydrogen-bond donors (Lipinski definition) is 2. The number of esters is 1. The van der Waals surface area contributed by atoms with Gasteiger partial charge in [0.25, 0.3) is 5.91 Å². The zero-order chi connectivity index (χ0) is 36.8. The summed E-state index contributed by atoms with van der Waals surface area (Å²) in [7, 11) is 0. The van der Waals surface area contributed by atoms with Gasteiger partial charge in [0.15, 0.2) is 0 Å². The second-order valence-corrected chi connectivity index (χ2v) is 14.0. The van der Waals surface area contributed by atoms with E-state index < -0.39 is 35.5 Å². The molecule has 10 nitrogen and oxygen atoms in total. The number of carbonyl (C=O) groups is 4. The highest BCUT2D eigenvalue weighted by Crippen LogP contribution is 2.26. The number of hydrogen-bond acceptors (Lipinski definition) is 9. The van der Waals surface area contributed by atoms with E-state index in [4.69, 9.17) is 19.2 Å². The molecule has 11 heteroatoms. The highest BCUT2D eigenvalue weighted by Gasteiger charge is 2.34. The number of carbonyl (C=O) groups excluding carboxylic acids is 4. The van der Waals surface area contributed by atoms with Crippen molar-refractivity contribution in [1.29, 1.82) is 0 Å². The minimum absolute atomic E-state index is 0.288. The van der Waals surface area contributed by atoms with Crippen molar-refractivity contribution in [3.8, 4) is 5.75 Å². The average molecular weight is 704 g/mol. The highest BCUT2D eigenvalue weighted by molar-refractivity contribution is 7.09. The molecule has 1 aromatic heterocycles. The fourth-order valence-corrected chi connectivity index (χ4v) is 5.68. The van der Waals surface area contributed by atoms with E-state index in [1.54, 1.807) is 47.6 Å². The van der Waals surface area contributed by atoms with Crippen LogP contribution < -0.4 is 15.4 Å². The standard InChI is InChI=1S/C39H49N3O7S/c1-9-26(4)33(42-38(46)49-39(6,7)8)34(43)35(44)41-32(22-28-16-18-31(19-17-28)48-23-29-14-12-11-13-15-29)36-40-30(24-50-36)21-25(3)20-27(5)37(45)47-10-2/h11-21,24,26,32-33H,9-10,22-23H2,1-8H3,(H,41,44)(H,42,46)/b25-21+,27-20-/t26-,32+,33+/m1/s1. The van der Waals surface area contributed by atoms with Gasteiger partial charge in [-0.15, -0.1) is 11.3 Å². The van der Waals surface area contributed by atoms with Crippen LogP contribution in [-0.2, 0) is 36.9 Å². The van der Waals surface area contributed by atoms with Gasteiger partial charge in [-0.2, -0.15) is 0 Å². The van der Waals surface area contributed by atoms with Crippen LogP contribution in [0.15, 0.2) is 77.2 Å². The first-order chi connectivity index (χ1) is 23.7. The molecule has 0 aliphatic heterocycles. The van der Waals surface area contributed by atoms with Crippen molar-refractivity contribution in [3.63, 3.8) is 0 Å². The topological polar surface area (TPSA) is 133 Å². The van der Waals surface area contributed by atoms with E-state index >= 15 is 0 Å². The van der Waals surface area contributed by atoms with Gasteiger partial charge in [-0.1, -0.05) is 62.7 Å². The first-order valence-electron chi connectivity index (χ1n) is 16.8. The molecule has 0 spiro atoms. The molecule has 2 amide bonds. The zero-order valence-electron chi connectivity index (χ0n) is 30.2. The van der Waals surface area contributed by atoms with Crippen molar-refractivity contribution in [2.75, 3.05) is 6.61 Å². The third-order valence-electron chi connectivity index (χ3n) is 7.56. The molecule has 0 radical (unpaired) electrons. The minimum Gasteiger partial charge on any atom is -0.489 e. The van der Waals surface area contributed by atoms with Crippen molar-refractivity contribution in [3.05, 3.63) is 99.0 Å². The number of ether oxygens (including phenoxy) is 3. The Balaban J connectivity index is 1.86. The van der Waals surface area contributed by atoms with Crippen molar-refractivity contribution in [1.82, 2.24) is 15.6 Å². The molecule has 0 aliphatic carbocycles. The van der Waals surface area contributed by atoms with Gasteiger partial charge in [0.2, 0.25) is 5.78 Å². The Morgan fingerprint density at radius 3 is 2.24 bits per heavy atom. The molecule has 0 bridgehead atoms. The molecule has 3 rings (SSSR count). The maximum absolute atomic E-state index is 13.6. The fraction of sp³-hybridized carbons (Fsp3) is 0.410. The second-order valence-electron chi connectivity index (χ2n) is 13.1. The third kappa shape index (κ3) is 12.9. The van der Waals surface area contributed by atoms with Gasteiger partial charge in [0.1, 0.15) is 29.0 Å². The molecule has 50 heavy (non-hydrogen) atoms. The minimum atomic E-state index is -1.08. The number of nitrogens with zero attached hydrogens (tertiary/aromatic N) is 1. The first kappa shape index (κ1) is 39.7. The Morgan fingerprint density at radius 1 is 0.940 bits per heavy atom. The smallest absolute Gasteiger partial charge is 0.408 e. The Bertz CT molecular complexity index is 1660. The zero-order valence-corrected chi connectivity index (χ0v) is 31.0. The summed E-state index contributed by atoms with van der Waals surface area (Å²) in [6.45, 7) is 14.9. The number of alkyl carbamates (subject to hydrolysis) is 1. The quantitative estimate of drug-likeness (QED) is 0.0677. The van der Waals surface area contributed by atoms with Crippen molar-refractivity contribution < 1.29 is 33.4 Å². The SMILES string of the molecule is CCOC(=O)/C(C)=C\C(C)=C\c1csc([C@H](Cc2ccc(OCc3ccccc3)cc2)NC(=O)C(=O)[C@@H](NC(=O)OC(C)(C)C)[C@H](C)CC)n1. The second kappa shape index (κ2) is 18.8. The summed E-state index contributed by atoms with van der Waals surface area (Å²) in [5, 5.41) is 7.94. The van der Waals surface area contributed by atoms with Gasteiger partial charge in [0, 0.05) is 11.0 Å². The number of aromatic nitrogens is 1. The van der Waals surface area contributed by atoms with Crippen LogP contribution in [0.25, 0.3) is 6.08 Å². The van der Waals surface area contributed by atoms with Gasteiger partial charge < -0.3 is 24.8 Å². The van der Waals surface area contributed by atoms with Gasteiger partial charge in [-0.25, -0.2) is 14.6 Å². The molecule has 1 heterocycles. The fourth-order valence-electron chi connectivity index (χ4n) is 4.85. The summed E-state index contributed by atoms with van der Waals surface area (Å²) in [4.78, 5) is 56.6. The molecular weight excluding hydrogens is 655 g/mol. The lowest BCUT2D eigenvalue weighted by Gasteiger charge is -2.26. The molecule has 0 saturated heterocycles. The molecule has 3 aromatic rings. The summed E-state index contributed by atoms with van der Waals surface area (Å²) in [6, 6.07) is 15.7. The Kier molecular flexibility index (Phi) is 14.9. The molecule has 2 N–H and O–H groups in total. The van der Waals surface area contributed by atoms with Crippen LogP contribution in [0.5, 0.6) is 5.75 Å². The predicted octanol–water partition coefficient (Wildman–Crippen LogP) is 7.54. The predicted molar refractivity (Wildman–Crippen MR) is 196 cm³/mol. The molecule has 3 atom stereocenters. The molecule has 0 saturated carbocycles. The normalized spacial score (nSPS) is 13.8. The molecule has 0 fully saturated rings. The van der Waals surface area contributed by atoms with E-state index in [1.807, 2.05) is 79.9 Å². The van der Waals surface area contributed by atoms with Gasteiger partial charge in [0.05, 0.1) is 18.3 Å². The van der Waals surface area contributed by atoms with E-state index in [-0.39, 0.29) is 18.5 Å². The number of ketones is 1. The maximum atomic E-state index is 13.6. The van der Waals surface area contributed by atoms with E-state index in [0.29, 0.717) is 41.5 Å². The number of benzene rings is 2. The van der Waals surface area contributed by atoms with Crippen LogP contribution in [-0.4, -0.2) is 47.0 Å².